The highest BCUT2D eigenvalue weighted by molar-refractivity contribution is 6.00. The van der Waals surface area contributed by atoms with Crippen LogP contribution in [0.15, 0.2) is 60.2 Å². The fourth-order valence-electron chi connectivity index (χ4n) is 2.78. The fourth-order valence-corrected chi connectivity index (χ4v) is 2.78. The monoisotopic (exact) mass is 350 g/mol. The van der Waals surface area contributed by atoms with Crippen LogP contribution in [0.1, 0.15) is 36.8 Å². The fraction of sp³-hybridized carbons (Fsp3) is 0.182. The van der Waals surface area contributed by atoms with Crippen LogP contribution in [0.5, 0.6) is 5.75 Å². The van der Waals surface area contributed by atoms with Crippen molar-refractivity contribution in [3.8, 4) is 5.75 Å². The van der Waals surface area contributed by atoms with E-state index >= 15 is 0 Å². The van der Waals surface area contributed by atoms with E-state index in [-0.39, 0.29) is 11.6 Å². The molecule has 1 fully saturated rings. The van der Waals surface area contributed by atoms with Crippen molar-refractivity contribution < 1.29 is 18.7 Å². The zero-order valence-corrected chi connectivity index (χ0v) is 14.3. The van der Waals surface area contributed by atoms with Gasteiger partial charge < -0.3 is 4.74 Å². The molecule has 1 aliphatic rings. The van der Waals surface area contributed by atoms with Crippen molar-refractivity contribution in [2.75, 3.05) is 0 Å². The largest absolute Gasteiger partial charge is 0.423 e. The van der Waals surface area contributed by atoms with Crippen LogP contribution in [0.2, 0.25) is 0 Å². The van der Waals surface area contributed by atoms with Crippen molar-refractivity contribution >= 4 is 23.9 Å². The molecule has 1 aliphatic carbocycles. The highest BCUT2D eigenvalue weighted by Gasteiger charge is 2.14. The topological polar surface area (TPSA) is 43.4 Å². The van der Waals surface area contributed by atoms with Crippen LogP contribution in [0.3, 0.4) is 0 Å². The highest BCUT2D eigenvalue weighted by atomic mass is 19.1. The van der Waals surface area contributed by atoms with Gasteiger partial charge >= 0.3 is 5.97 Å². The number of hydrogen-bond acceptors (Lipinski definition) is 3. The molecule has 2 aromatic rings. The van der Waals surface area contributed by atoms with Crippen molar-refractivity contribution in [3.05, 3.63) is 77.1 Å². The number of Topliss-reactive ketones (excluding diaryl/α,β-unsaturated/α-hetero) is 1. The number of esters is 1. The summed E-state index contributed by atoms with van der Waals surface area (Å²) in [6, 6.07) is 12.8. The third-order valence-corrected chi connectivity index (χ3v) is 4.18. The maximum absolute atomic E-state index is 12.8. The van der Waals surface area contributed by atoms with E-state index in [9.17, 15) is 14.0 Å². The van der Waals surface area contributed by atoms with E-state index in [0.29, 0.717) is 17.7 Å². The van der Waals surface area contributed by atoms with Crippen LogP contribution in [0.4, 0.5) is 4.39 Å². The molecule has 132 valence electrons. The molecular formula is C22H19FO3. The minimum absolute atomic E-state index is 0.220. The molecule has 1 saturated carbocycles. The van der Waals surface area contributed by atoms with Crippen molar-refractivity contribution in [1.82, 2.24) is 0 Å². The molecule has 4 heteroatoms. The highest BCUT2D eigenvalue weighted by Crippen LogP contribution is 2.23. The minimum atomic E-state index is -0.511. The molecule has 0 unspecified atom stereocenters. The predicted molar refractivity (Wildman–Crippen MR) is 99.0 cm³/mol. The summed E-state index contributed by atoms with van der Waals surface area (Å²) in [6.45, 7) is 0. The van der Waals surface area contributed by atoms with E-state index in [0.717, 1.165) is 30.4 Å². The maximum Gasteiger partial charge on any atom is 0.336 e. The molecule has 0 radical (unpaired) electrons. The quantitative estimate of drug-likeness (QED) is 0.444. The Morgan fingerprint density at radius 3 is 2.27 bits per heavy atom. The van der Waals surface area contributed by atoms with Crippen LogP contribution < -0.4 is 4.74 Å². The van der Waals surface area contributed by atoms with Gasteiger partial charge in [-0.2, -0.15) is 0 Å². The first-order valence-electron chi connectivity index (χ1n) is 8.59. The first kappa shape index (κ1) is 17.8. The number of carbonyl (C=O) groups excluding carboxylic acids is 2. The van der Waals surface area contributed by atoms with Crippen LogP contribution in [-0.2, 0) is 9.59 Å². The number of rotatable bonds is 4. The molecule has 0 bridgehead atoms. The van der Waals surface area contributed by atoms with Gasteiger partial charge in [-0.05, 0) is 72.4 Å². The molecule has 0 atom stereocenters. The number of ketones is 1. The number of allylic oxidation sites excluding steroid dienone is 1. The van der Waals surface area contributed by atoms with Gasteiger partial charge in [0.15, 0.2) is 5.78 Å². The maximum atomic E-state index is 12.8. The zero-order valence-electron chi connectivity index (χ0n) is 14.3. The molecule has 0 N–H and O–H groups in total. The molecule has 0 spiro atoms. The molecule has 0 amide bonds. The molecule has 2 aromatic carbocycles. The van der Waals surface area contributed by atoms with Gasteiger partial charge in [-0.1, -0.05) is 24.3 Å². The molecule has 26 heavy (non-hydrogen) atoms. The Morgan fingerprint density at radius 2 is 1.58 bits per heavy atom. The molecule has 3 rings (SSSR count). The Balaban J connectivity index is 1.60. The van der Waals surface area contributed by atoms with Crippen molar-refractivity contribution in [3.63, 3.8) is 0 Å². The van der Waals surface area contributed by atoms with Gasteiger partial charge in [0.2, 0.25) is 0 Å². The van der Waals surface area contributed by atoms with Crippen LogP contribution >= 0.6 is 0 Å². The van der Waals surface area contributed by atoms with Crippen molar-refractivity contribution in [2.24, 2.45) is 0 Å². The molecular weight excluding hydrogens is 331 g/mol. The summed E-state index contributed by atoms with van der Waals surface area (Å²) in [7, 11) is 0. The number of hydrogen-bond donors (Lipinski definition) is 0. The van der Waals surface area contributed by atoms with E-state index in [1.54, 1.807) is 30.3 Å². The van der Waals surface area contributed by atoms with Gasteiger partial charge in [-0.3, -0.25) is 4.79 Å². The van der Waals surface area contributed by atoms with E-state index in [2.05, 4.69) is 0 Å². The second-order valence-electron chi connectivity index (χ2n) is 6.17. The lowest BCUT2D eigenvalue weighted by Gasteiger charge is -2.12. The van der Waals surface area contributed by atoms with Gasteiger partial charge in [0.1, 0.15) is 11.6 Å². The predicted octanol–water partition coefficient (Wildman–Crippen LogP) is 4.97. The van der Waals surface area contributed by atoms with Crippen molar-refractivity contribution in [1.29, 1.82) is 0 Å². The summed E-state index contributed by atoms with van der Waals surface area (Å²) in [5, 5.41) is 0. The Bertz CT molecular complexity index is 846. The standard InChI is InChI=1S/C22H19FO3/c23-19-10-5-16(6-11-19)9-14-22(25)26-20-12-7-17(8-13-20)15-18-3-1-2-4-21(18)24/h5-15H,1-4H2/b14-9+,18-15+. The van der Waals surface area contributed by atoms with Crippen molar-refractivity contribution in [2.45, 2.75) is 25.7 Å². The number of benzene rings is 2. The first-order valence-corrected chi connectivity index (χ1v) is 8.59. The second-order valence-corrected chi connectivity index (χ2v) is 6.17. The average molecular weight is 350 g/mol. The molecule has 0 aromatic heterocycles. The Morgan fingerprint density at radius 1 is 0.923 bits per heavy atom. The average Bonchev–Trinajstić information content (AvgIpc) is 2.65. The Hall–Kier alpha value is -3.01. The lowest BCUT2D eigenvalue weighted by Crippen LogP contribution is -2.08. The lowest BCUT2D eigenvalue weighted by atomic mass is 9.92. The number of carbonyl (C=O) groups is 2. The van der Waals surface area contributed by atoms with Gasteiger partial charge in [0.25, 0.3) is 0 Å². The number of halogens is 1. The third kappa shape index (κ3) is 4.99. The summed E-state index contributed by atoms with van der Waals surface area (Å²) in [6.07, 6.45) is 8.23. The van der Waals surface area contributed by atoms with Gasteiger partial charge in [0, 0.05) is 12.5 Å². The normalized spacial score (nSPS) is 16.2. The van der Waals surface area contributed by atoms with Crippen LogP contribution in [0.25, 0.3) is 12.2 Å². The molecule has 0 aliphatic heterocycles. The second kappa shape index (κ2) is 8.39. The molecule has 0 heterocycles. The smallest absolute Gasteiger partial charge is 0.336 e. The third-order valence-electron chi connectivity index (χ3n) is 4.18. The molecule has 0 saturated heterocycles. The molecule has 3 nitrogen and oxygen atoms in total. The zero-order chi connectivity index (χ0) is 18.4. The summed E-state index contributed by atoms with van der Waals surface area (Å²) in [5.41, 5.74) is 2.49. The van der Waals surface area contributed by atoms with E-state index < -0.39 is 5.97 Å². The van der Waals surface area contributed by atoms with E-state index in [1.165, 1.54) is 18.2 Å². The Kier molecular flexibility index (Phi) is 5.74. The van der Waals surface area contributed by atoms with Gasteiger partial charge in [-0.15, -0.1) is 0 Å². The number of ether oxygens (including phenoxy) is 1. The first-order chi connectivity index (χ1) is 12.6. The van der Waals surface area contributed by atoms with E-state index in [1.807, 2.05) is 18.2 Å². The summed E-state index contributed by atoms with van der Waals surface area (Å²) in [5.74, 6) is -0.189. The summed E-state index contributed by atoms with van der Waals surface area (Å²) < 4.78 is 18.1. The minimum Gasteiger partial charge on any atom is -0.423 e. The summed E-state index contributed by atoms with van der Waals surface area (Å²) >= 11 is 0. The van der Waals surface area contributed by atoms with Crippen LogP contribution in [-0.4, -0.2) is 11.8 Å². The van der Waals surface area contributed by atoms with Gasteiger partial charge in [-0.25, -0.2) is 9.18 Å². The summed E-state index contributed by atoms with van der Waals surface area (Å²) in [4.78, 5) is 23.7. The SMILES string of the molecule is O=C(/C=C/c1ccc(F)cc1)Oc1ccc(/C=C2\CCCCC2=O)cc1. The van der Waals surface area contributed by atoms with Gasteiger partial charge in [0.05, 0.1) is 0 Å². The lowest BCUT2D eigenvalue weighted by molar-refractivity contribution is -0.128. The van der Waals surface area contributed by atoms with E-state index in [4.69, 9.17) is 4.74 Å². The van der Waals surface area contributed by atoms with Crippen LogP contribution in [0, 0.1) is 5.82 Å². The Labute approximate surface area is 151 Å².